The number of nitrogens with zero attached hydrogens (tertiary/aromatic N) is 1. The first-order valence-electron chi connectivity index (χ1n) is 11.8. The first-order chi connectivity index (χ1) is 16.4. The molecule has 34 heavy (non-hydrogen) atoms. The van der Waals surface area contributed by atoms with Crippen LogP contribution in [0.2, 0.25) is 0 Å². The molecule has 2 amide bonds. The number of anilines is 1. The number of imide groups is 1. The van der Waals surface area contributed by atoms with E-state index >= 15 is 0 Å². The minimum absolute atomic E-state index is 0.104. The van der Waals surface area contributed by atoms with Gasteiger partial charge in [0.25, 0.3) is 0 Å². The molecular formula is C28H25NO5. The maximum atomic E-state index is 13.5. The fraction of sp³-hybridized carbons (Fsp3) is 0.357. The molecule has 0 unspecified atom stereocenters. The number of carbonyl (C=O) groups is 4. The molecule has 2 saturated carbocycles. The summed E-state index contributed by atoms with van der Waals surface area (Å²) in [6.07, 6.45) is 4.31. The van der Waals surface area contributed by atoms with E-state index in [-0.39, 0.29) is 52.5 Å². The van der Waals surface area contributed by atoms with E-state index < -0.39 is 12.1 Å². The summed E-state index contributed by atoms with van der Waals surface area (Å²) < 4.78 is 5.50. The Morgan fingerprint density at radius 2 is 1.50 bits per heavy atom. The van der Waals surface area contributed by atoms with Gasteiger partial charge in [-0.25, -0.2) is 9.69 Å². The van der Waals surface area contributed by atoms with Gasteiger partial charge in [0, 0.05) is 5.56 Å². The Kier molecular flexibility index (Phi) is 4.63. The third kappa shape index (κ3) is 3.01. The zero-order chi connectivity index (χ0) is 23.7. The van der Waals surface area contributed by atoms with Crippen LogP contribution in [0.5, 0.6) is 0 Å². The molecule has 0 radical (unpaired) electrons. The number of carbonyl (C=O) groups excluding carboxylic acids is 4. The van der Waals surface area contributed by atoms with E-state index in [9.17, 15) is 19.2 Å². The van der Waals surface area contributed by atoms with Crippen LogP contribution in [-0.4, -0.2) is 29.7 Å². The number of rotatable bonds is 5. The highest BCUT2D eigenvalue weighted by Crippen LogP contribution is 2.65. The lowest BCUT2D eigenvalue weighted by Crippen LogP contribution is -2.40. The summed E-state index contributed by atoms with van der Waals surface area (Å²) in [7, 11) is 0. The van der Waals surface area contributed by atoms with Crippen molar-refractivity contribution < 1.29 is 23.9 Å². The average Bonchev–Trinajstić information content (AvgIpc) is 3.62. The van der Waals surface area contributed by atoms with Crippen LogP contribution in [0.3, 0.4) is 0 Å². The monoisotopic (exact) mass is 455 g/mol. The van der Waals surface area contributed by atoms with Crippen LogP contribution < -0.4 is 4.90 Å². The Hall–Kier alpha value is -3.54. The van der Waals surface area contributed by atoms with Crippen molar-refractivity contribution in [3.05, 3.63) is 77.4 Å². The summed E-state index contributed by atoms with van der Waals surface area (Å²) >= 11 is 0. The van der Waals surface area contributed by atoms with Gasteiger partial charge in [0.2, 0.25) is 17.6 Å². The summed E-state index contributed by atoms with van der Waals surface area (Å²) in [5, 5.41) is 0. The second-order valence-electron chi connectivity index (χ2n) is 9.96. The van der Waals surface area contributed by atoms with Gasteiger partial charge in [-0.05, 0) is 56.1 Å². The van der Waals surface area contributed by atoms with Gasteiger partial charge in [-0.3, -0.25) is 14.4 Å². The molecule has 1 saturated heterocycles. The van der Waals surface area contributed by atoms with Crippen molar-refractivity contribution in [1.82, 2.24) is 0 Å². The Bertz CT molecular complexity index is 1230. The van der Waals surface area contributed by atoms with Crippen LogP contribution in [0.15, 0.2) is 60.7 Å². The van der Waals surface area contributed by atoms with Crippen molar-refractivity contribution in [2.75, 3.05) is 4.90 Å². The van der Waals surface area contributed by atoms with Crippen molar-refractivity contribution in [3.8, 4) is 0 Å². The Labute approximate surface area is 197 Å². The summed E-state index contributed by atoms with van der Waals surface area (Å²) in [6.45, 7) is 3.45. The Morgan fingerprint density at radius 1 is 0.912 bits per heavy atom. The highest BCUT2D eigenvalue weighted by atomic mass is 16.5. The van der Waals surface area contributed by atoms with Gasteiger partial charge in [-0.15, -0.1) is 0 Å². The summed E-state index contributed by atoms with van der Waals surface area (Å²) in [4.78, 5) is 54.0. The topological polar surface area (TPSA) is 80.8 Å². The molecule has 7 rings (SSSR count). The van der Waals surface area contributed by atoms with E-state index in [0.717, 1.165) is 12.0 Å². The van der Waals surface area contributed by atoms with Gasteiger partial charge in [0.15, 0.2) is 6.10 Å². The molecule has 1 aliphatic heterocycles. The second kappa shape index (κ2) is 7.49. The van der Waals surface area contributed by atoms with Crippen LogP contribution in [0.1, 0.15) is 39.6 Å². The highest BCUT2D eigenvalue weighted by Gasteiger charge is 2.67. The summed E-state index contributed by atoms with van der Waals surface area (Å²) in [5.41, 5.74) is 1.82. The van der Waals surface area contributed by atoms with Gasteiger partial charge in [0.05, 0.1) is 23.1 Å². The molecule has 5 aliphatic rings. The third-order valence-electron chi connectivity index (χ3n) is 8.02. The number of benzene rings is 2. The maximum Gasteiger partial charge on any atom is 0.340 e. The lowest BCUT2D eigenvalue weighted by atomic mass is 9.63. The minimum Gasteiger partial charge on any atom is -0.451 e. The fourth-order valence-electron chi connectivity index (χ4n) is 6.27. The maximum absolute atomic E-state index is 13.5. The normalized spacial score (nSPS) is 31.2. The van der Waals surface area contributed by atoms with E-state index in [0.29, 0.717) is 17.4 Å². The molecule has 1 heterocycles. The molecule has 3 fully saturated rings. The predicted molar refractivity (Wildman–Crippen MR) is 124 cm³/mol. The van der Waals surface area contributed by atoms with Crippen molar-refractivity contribution >= 4 is 29.3 Å². The largest absolute Gasteiger partial charge is 0.451 e. The van der Waals surface area contributed by atoms with E-state index in [1.807, 2.05) is 19.1 Å². The number of hydrogen-bond acceptors (Lipinski definition) is 5. The van der Waals surface area contributed by atoms with Crippen LogP contribution in [0.4, 0.5) is 5.69 Å². The Morgan fingerprint density at radius 3 is 2.12 bits per heavy atom. The summed E-state index contributed by atoms with van der Waals surface area (Å²) in [5.74, 6) is -0.999. The van der Waals surface area contributed by atoms with Gasteiger partial charge < -0.3 is 4.74 Å². The molecular weight excluding hydrogens is 430 g/mol. The first kappa shape index (κ1) is 21.0. The van der Waals surface area contributed by atoms with E-state index in [4.69, 9.17) is 4.74 Å². The van der Waals surface area contributed by atoms with Crippen LogP contribution in [0.25, 0.3) is 0 Å². The van der Waals surface area contributed by atoms with Crippen LogP contribution >= 0.6 is 0 Å². The molecule has 2 aromatic carbocycles. The number of ether oxygens (including phenoxy) is 1. The minimum atomic E-state index is -1.01. The third-order valence-corrected chi connectivity index (χ3v) is 8.02. The van der Waals surface area contributed by atoms with Crippen molar-refractivity contribution in [2.24, 2.45) is 35.5 Å². The highest BCUT2D eigenvalue weighted by molar-refractivity contribution is 6.24. The molecule has 0 spiro atoms. The van der Waals surface area contributed by atoms with E-state index in [1.165, 1.54) is 17.9 Å². The van der Waals surface area contributed by atoms with E-state index in [2.05, 4.69) is 12.2 Å². The smallest absolute Gasteiger partial charge is 0.340 e. The lowest BCUT2D eigenvalue weighted by Gasteiger charge is -2.37. The molecule has 2 aromatic rings. The average molecular weight is 456 g/mol. The van der Waals surface area contributed by atoms with Gasteiger partial charge in [-0.2, -0.15) is 0 Å². The fourth-order valence-corrected chi connectivity index (χ4v) is 6.27. The van der Waals surface area contributed by atoms with Gasteiger partial charge in [0.1, 0.15) is 0 Å². The zero-order valence-corrected chi connectivity index (χ0v) is 19.0. The quantitative estimate of drug-likeness (QED) is 0.295. The van der Waals surface area contributed by atoms with Crippen molar-refractivity contribution in [2.45, 2.75) is 26.4 Å². The number of Topliss-reactive ketones (excluding diaryl/α,β-unsaturated/α-hetero) is 1. The molecule has 172 valence electrons. The van der Waals surface area contributed by atoms with Crippen molar-refractivity contribution in [1.29, 1.82) is 0 Å². The predicted octanol–water partition coefficient (Wildman–Crippen LogP) is 3.98. The molecule has 0 N–H and O–H groups in total. The number of para-hydroxylation sites is 1. The zero-order valence-electron chi connectivity index (χ0n) is 19.0. The second-order valence-corrected chi connectivity index (χ2v) is 9.96. The standard InChI is InChI=1S/C28H25NO5/c1-14-7-9-16(10-8-14)25(30)15(2)34-28(33)19-5-3-4-6-22(19)29-26(31)23-17-11-12-18(21-13-20(17)21)24(23)27(29)32/h3-12,15,17-18,20-21,23-24H,13H2,1-2H3/t15-,17+,18+,20+,21+,23-,24-/m0/s1. The molecule has 6 heteroatoms. The number of hydrogen-bond donors (Lipinski definition) is 0. The van der Waals surface area contributed by atoms with Crippen LogP contribution in [0, 0.1) is 42.4 Å². The van der Waals surface area contributed by atoms with Gasteiger partial charge in [-0.1, -0.05) is 54.1 Å². The molecule has 4 aliphatic carbocycles. The molecule has 7 atom stereocenters. The summed E-state index contributed by atoms with van der Waals surface area (Å²) in [6, 6.07) is 13.5. The van der Waals surface area contributed by atoms with Crippen molar-refractivity contribution in [3.63, 3.8) is 0 Å². The lowest BCUT2D eigenvalue weighted by molar-refractivity contribution is -0.124. The van der Waals surface area contributed by atoms with Gasteiger partial charge >= 0.3 is 5.97 Å². The molecule has 2 bridgehead atoms. The van der Waals surface area contributed by atoms with E-state index in [1.54, 1.807) is 30.3 Å². The number of allylic oxidation sites excluding steroid dienone is 2. The molecule has 0 aromatic heterocycles. The number of ketones is 1. The molecule has 6 nitrogen and oxygen atoms in total. The number of amides is 2. The number of aryl methyl sites for hydroxylation is 1. The first-order valence-corrected chi connectivity index (χ1v) is 11.8. The number of esters is 1. The Balaban J connectivity index is 1.26. The SMILES string of the molecule is Cc1ccc(C(=O)[C@H](C)OC(=O)c2ccccc2N2C(=O)[C@H]3[C@@H]4C=C[C@H]([C@H]5C[C@H]45)[C@@H]3C2=O)cc1. The van der Waals surface area contributed by atoms with Crippen LogP contribution in [-0.2, 0) is 14.3 Å².